The SMILES string of the molecule is CC(C)CCN1C(=O)C2CCCCC2N2C(CCC(=O)NCCN3CCN(c4cccc(Cl)c4)CC3)=NNC12. The van der Waals surface area contributed by atoms with E-state index in [9.17, 15) is 9.59 Å². The first-order valence-corrected chi connectivity index (χ1v) is 15.2. The highest BCUT2D eigenvalue weighted by Gasteiger charge is 2.50. The zero-order chi connectivity index (χ0) is 27.4. The summed E-state index contributed by atoms with van der Waals surface area (Å²) in [5.41, 5.74) is 4.41. The number of anilines is 1. The molecule has 2 saturated heterocycles. The molecular weight excluding hydrogens is 514 g/mol. The Morgan fingerprint density at radius 1 is 1.15 bits per heavy atom. The van der Waals surface area contributed by atoms with Crippen LogP contribution in [0.1, 0.15) is 58.8 Å². The Balaban J connectivity index is 1.07. The maximum atomic E-state index is 13.4. The zero-order valence-electron chi connectivity index (χ0n) is 23.4. The van der Waals surface area contributed by atoms with Crippen LogP contribution < -0.4 is 15.6 Å². The second-order valence-electron chi connectivity index (χ2n) is 11.8. The topological polar surface area (TPSA) is 83.5 Å². The summed E-state index contributed by atoms with van der Waals surface area (Å²) in [6, 6.07) is 8.21. The predicted molar refractivity (Wildman–Crippen MR) is 155 cm³/mol. The Morgan fingerprint density at radius 3 is 2.72 bits per heavy atom. The maximum Gasteiger partial charge on any atom is 0.230 e. The number of nitrogens with one attached hydrogen (secondary N) is 2. The Morgan fingerprint density at radius 2 is 1.95 bits per heavy atom. The van der Waals surface area contributed by atoms with Crippen molar-refractivity contribution >= 4 is 34.9 Å². The standard InChI is InChI=1S/C29H44ClN7O2/c1-21(2)12-14-36-28(39)24-8-3-4-9-25(24)37-26(32-33-29(36)37)10-11-27(38)31-13-15-34-16-18-35(19-17-34)23-7-5-6-22(30)20-23/h5-7,20-21,24-25,29,33H,3-4,8-19H2,1-2H3,(H,31,38). The summed E-state index contributed by atoms with van der Waals surface area (Å²) in [6.07, 6.45) is 5.98. The fraction of sp³-hybridized carbons (Fsp3) is 0.690. The number of benzene rings is 1. The molecule has 1 saturated carbocycles. The molecule has 9 nitrogen and oxygen atoms in total. The maximum absolute atomic E-state index is 13.4. The van der Waals surface area contributed by atoms with Crippen LogP contribution in [0.3, 0.4) is 0 Å². The van der Waals surface area contributed by atoms with E-state index in [4.69, 9.17) is 11.6 Å². The lowest BCUT2D eigenvalue weighted by Gasteiger charge is -2.50. The Labute approximate surface area is 237 Å². The molecule has 39 heavy (non-hydrogen) atoms. The monoisotopic (exact) mass is 557 g/mol. The van der Waals surface area contributed by atoms with E-state index in [2.05, 4.69) is 50.5 Å². The lowest BCUT2D eigenvalue weighted by atomic mass is 9.80. The van der Waals surface area contributed by atoms with E-state index in [1.54, 1.807) is 0 Å². The molecule has 0 spiro atoms. The molecule has 3 unspecified atom stereocenters. The summed E-state index contributed by atoms with van der Waals surface area (Å²) in [7, 11) is 0. The van der Waals surface area contributed by atoms with Gasteiger partial charge in [0.15, 0.2) is 6.29 Å². The fourth-order valence-electron chi connectivity index (χ4n) is 6.44. The molecule has 10 heteroatoms. The summed E-state index contributed by atoms with van der Waals surface area (Å²) >= 11 is 6.15. The number of fused-ring (bicyclic) bond motifs is 3. The van der Waals surface area contributed by atoms with Crippen LogP contribution in [0, 0.1) is 11.8 Å². The average Bonchev–Trinajstić information content (AvgIpc) is 3.36. The molecule has 3 heterocycles. The van der Waals surface area contributed by atoms with Crippen molar-refractivity contribution in [2.45, 2.75) is 71.1 Å². The molecule has 214 valence electrons. The summed E-state index contributed by atoms with van der Waals surface area (Å²) in [4.78, 5) is 35.2. The summed E-state index contributed by atoms with van der Waals surface area (Å²) in [5.74, 6) is 1.83. The third-order valence-corrected chi connectivity index (χ3v) is 8.91. The van der Waals surface area contributed by atoms with E-state index in [0.29, 0.717) is 25.3 Å². The van der Waals surface area contributed by atoms with Gasteiger partial charge in [-0.05, 0) is 43.4 Å². The number of hydrogen-bond acceptors (Lipinski definition) is 7. The minimum absolute atomic E-state index is 0.0421. The number of amidine groups is 1. The van der Waals surface area contributed by atoms with Gasteiger partial charge in [-0.2, -0.15) is 5.10 Å². The minimum Gasteiger partial charge on any atom is -0.369 e. The highest BCUT2D eigenvalue weighted by molar-refractivity contribution is 6.30. The average molecular weight is 558 g/mol. The largest absolute Gasteiger partial charge is 0.369 e. The van der Waals surface area contributed by atoms with Crippen LogP contribution >= 0.6 is 11.6 Å². The molecule has 0 radical (unpaired) electrons. The number of carbonyl (C=O) groups excluding carboxylic acids is 2. The van der Waals surface area contributed by atoms with Gasteiger partial charge in [-0.15, -0.1) is 0 Å². The Bertz CT molecular complexity index is 1040. The second-order valence-corrected chi connectivity index (χ2v) is 12.2. The van der Waals surface area contributed by atoms with Crippen molar-refractivity contribution in [2.24, 2.45) is 16.9 Å². The first kappa shape index (κ1) is 28.0. The van der Waals surface area contributed by atoms with E-state index in [1.165, 1.54) is 5.69 Å². The number of rotatable bonds is 10. The number of carbonyl (C=O) groups is 2. The smallest absolute Gasteiger partial charge is 0.230 e. The minimum atomic E-state index is -0.209. The van der Waals surface area contributed by atoms with E-state index in [1.807, 2.05) is 23.1 Å². The quantitative estimate of drug-likeness (QED) is 0.459. The van der Waals surface area contributed by atoms with E-state index < -0.39 is 0 Å². The molecule has 0 bridgehead atoms. The zero-order valence-corrected chi connectivity index (χ0v) is 24.2. The lowest BCUT2D eigenvalue weighted by molar-refractivity contribution is -0.155. The van der Waals surface area contributed by atoms with Crippen LogP contribution in [-0.2, 0) is 9.59 Å². The summed E-state index contributed by atoms with van der Waals surface area (Å²) in [5, 5.41) is 8.52. The molecule has 3 atom stereocenters. The fourth-order valence-corrected chi connectivity index (χ4v) is 6.62. The Hall–Kier alpha value is -2.52. The summed E-state index contributed by atoms with van der Waals surface area (Å²) < 4.78 is 0. The van der Waals surface area contributed by atoms with Crippen LogP contribution in [0.2, 0.25) is 5.02 Å². The van der Waals surface area contributed by atoms with Crippen molar-refractivity contribution in [3.05, 3.63) is 29.3 Å². The van der Waals surface area contributed by atoms with Gasteiger partial charge in [0, 0.05) is 75.4 Å². The number of hydrogen-bond donors (Lipinski definition) is 2. The molecule has 1 aromatic rings. The highest BCUT2D eigenvalue weighted by atomic mass is 35.5. The van der Waals surface area contributed by atoms with Crippen LogP contribution in [-0.4, -0.2) is 90.5 Å². The van der Waals surface area contributed by atoms with Crippen molar-refractivity contribution in [3.8, 4) is 0 Å². The van der Waals surface area contributed by atoms with Gasteiger partial charge in [0.05, 0.1) is 5.92 Å². The van der Waals surface area contributed by atoms with Gasteiger partial charge in [-0.3, -0.25) is 19.9 Å². The molecule has 1 aliphatic carbocycles. The van der Waals surface area contributed by atoms with Crippen LogP contribution in [0.5, 0.6) is 0 Å². The molecule has 4 aliphatic rings. The third-order valence-electron chi connectivity index (χ3n) is 8.67. The molecule has 2 N–H and O–H groups in total. The van der Waals surface area contributed by atoms with Gasteiger partial charge < -0.3 is 20.0 Å². The molecule has 3 fully saturated rings. The van der Waals surface area contributed by atoms with Crippen LogP contribution in [0.25, 0.3) is 0 Å². The van der Waals surface area contributed by atoms with Crippen molar-refractivity contribution in [1.82, 2.24) is 25.4 Å². The van der Waals surface area contributed by atoms with Gasteiger partial charge in [0.25, 0.3) is 0 Å². The summed E-state index contributed by atoms with van der Waals surface area (Å²) in [6.45, 7) is 10.5. The van der Waals surface area contributed by atoms with Crippen molar-refractivity contribution in [3.63, 3.8) is 0 Å². The van der Waals surface area contributed by atoms with Crippen molar-refractivity contribution in [2.75, 3.05) is 50.7 Å². The molecule has 2 amide bonds. The number of amides is 2. The van der Waals surface area contributed by atoms with Gasteiger partial charge in [0.2, 0.25) is 11.8 Å². The second kappa shape index (κ2) is 12.8. The first-order chi connectivity index (χ1) is 18.9. The predicted octanol–water partition coefficient (Wildman–Crippen LogP) is 3.31. The van der Waals surface area contributed by atoms with Crippen LogP contribution in [0.15, 0.2) is 29.4 Å². The number of piperazine rings is 1. The van der Waals surface area contributed by atoms with E-state index in [-0.39, 0.29) is 30.1 Å². The Kier molecular flexibility index (Phi) is 9.17. The lowest BCUT2D eigenvalue weighted by Crippen LogP contribution is -2.67. The normalized spacial score (nSPS) is 25.3. The molecule has 5 rings (SSSR count). The van der Waals surface area contributed by atoms with Crippen molar-refractivity contribution in [1.29, 1.82) is 0 Å². The number of halogens is 1. The van der Waals surface area contributed by atoms with Gasteiger partial charge in [-0.1, -0.05) is 44.4 Å². The van der Waals surface area contributed by atoms with Gasteiger partial charge in [0.1, 0.15) is 5.84 Å². The molecule has 3 aliphatic heterocycles. The molecule has 0 aromatic heterocycles. The number of hydrazone groups is 1. The van der Waals surface area contributed by atoms with E-state index in [0.717, 1.165) is 82.2 Å². The first-order valence-electron chi connectivity index (χ1n) is 14.8. The van der Waals surface area contributed by atoms with Crippen molar-refractivity contribution < 1.29 is 9.59 Å². The highest BCUT2D eigenvalue weighted by Crippen LogP contribution is 2.38. The van der Waals surface area contributed by atoms with Crippen LogP contribution in [0.4, 0.5) is 5.69 Å². The van der Waals surface area contributed by atoms with E-state index >= 15 is 0 Å². The van der Waals surface area contributed by atoms with Gasteiger partial charge >= 0.3 is 0 Å². The number of nitrogens with zero attached hydrogens (tertiary/aromatic N) is 5. The third kappa shape index (κ3) is 6.62. The molecule has 1 aromatic carbocycles. The molecular formula is C29H44ClN7O2. The van der Waals surface area contributed by atoms with Gasteiger partial charge in [-0.25, -0.2) is 0 Å².